The Morgan fingerprint density at radius 1 is 1.15 bits per heavy atom. The molecule has 11 heteroatoms. The Bertz CT molecular complexity index is 1310. The molecule has 3 N–H and O–H groups in total. The quantitative estimate of drug-likeness (QED) is 0.602. The standard InChI is InChI=1S/C23H20FN5O5/c1-31-13-8-15-20(16(24)9-13)33-18-4-3-12(7-14(18)23(15)5-6-26-22(25)34-23)29-21(30)17-10-28-19(32-2)11-27-17/h3-4,7-11H,5-6H2,1-2H3,(H2,25,26)(H,29,30)/t23-/m0/s1. The summed E-state index contributed by atoms with van der Waals surface area (Å²) in [6, 6.07) is 7.82. The Hall–Kier alpha value is -4.41. The van der Waals surface area contributed by atoms with Gasteiger partial charge >= 0.3 is 0 Å². The SMILES string of the molecule is COc1cc(F)c2c(c1)[C@]1(CCN=C(N)O1)c1cc(NC(=O)c3cnc(OC)cn3)ccc1O2. The highest BCUT2D eigenvalue weighted by atomic mass is 19.1. The van der Waals surface area contributed by atoms with Crippen LogP contribution in [-0.2, 0) is 10.3 Å². The number of rotatable bonds is 4. The molecule has 2 aromatic carbocycles. The molecule has 0 radical (unpaired) electrons. The van der Waals surface area contributed by atoms with Crippen molar-refractivity contribution in [2.45, 2.75) is 12.0 Å². The minimum absolute atomic E-state index is 0.0216. The molecule has 1 spiro atoms. The lowest BCUT2D eigenvalue weighted by Crippen LogP contribution is -2.42. The smallest absolute Gasteiger partial charge is 0.283 e. The summed E-state index contributed by atoms with van der Waals surface area (Å²) in [5, 5.41) is 2.78. The fraction of sp³-hybridized carbons (Fsp3) is 0.217. The van der Waals surface area contributed by atoms with Crippen LogP contribution in [0.5, 0.6) is 23.1 Å². The summed E-state index contributed by atoms with van der Waals surface area (Å²) in [6.07, 6.45) is 3.02. The van der Waals surface area contributed by atoms with Gasteiger partial charge < -0.3 is 30.0 Å². The minimum atomic E-state index is -1.19. The van der Waals surface area contributed by atoms with Crippen LogP contribution in [0.15, 0.2) is 47.7 Å². The van der Waals surface area contributed by atoms with Gasteiger partial charge in [-0.2, -0.15) is 0 Å². The van der Waals surface area contributed by atoms with E-state index in [-0.39, 0.29) is 17.5 Å². The number of anilines is 1. The van der Waals surface area contributed by atoms with E-state index >= 15 is 0 Å². The lowest BCUT2D eigenvalue weighted by Gasteiger charge is -2.41. The number of hydrogen-bond donors (Lipinski definition) is 2. The van der Waals surface area contributed by atoms with Crippen molar-refractivity contribution < 1.29 is 28.1 Å². The number of methoxy groups -OCH3 is 2. The summed E-state index contributed by atoms with van der Waals surface area (Å²) in [5.74, 6) is -0.0877. The van der Waals surface area contributed by atoms with Crippen LogP contribution in [0.3, 0.4) is 0 Å². The lowest BCUT2D eigenvalue weighted by molar-refractivity contribution is 0.0624. The molecule has 1 amide bonds. The van der Waals surface area contributed by atoms with Crippen LogP contribution in [0.2, 0.25) is 0 Å². The first-order valence-electron chi connectivity index (χ1n) is 10.3. The van der Waals surface area contributed by atoms with Gasteiger partial charge in [-0.3, -0.25) is 4.79 Å². The predicted octanol–water partition coefficient (Wildman–Crippen LogP) is 2.97. The Labute approximate surface area is 193 Å². The summed E-state index contributed by atoms with van der Waals surface area (Å²) in [7, 11) is 2.90. The molecule has 3 aromatic rings. The third-order valence-electron chi connectivity index (χ3n) is 5.65. The second-order valence-corrected chi connectivity index (χ2v) is 7.60. The molecule has 174 valence electrons. The van der Waals surface area contributed by atoms with Crippen LogP contribution < -0.4 is 25.3 Å². The average molecular weight is 465 g/mol. The molecule has 1 aromatic heterocycles. The van der Waals surface area contributed by atoms with Crippen molar-refractivity contribution >= 4 is 17.6 Å². The topological polar surface area (TPSA) is 130 Å². The highest BCUT2D eigenvalue weighted by Gasteiger charge is 2.48. The van der Waals surface area contributed by atoms with Gasteiger partial charge in [0, 0.05) is 35.8 Å². The molecule has 3 heterocycles. The van der Waals surface area contributed by atoms with E-state index in [2.05, 4.69) is 20.3 Å². The van der Waals surface area contributed by atoms with Crippen LogP contribution in [0.4, 0.5) is 10.1 Å². The summed E-state index contributed by atoms with van der Waals surface area (Å²) in [5.41, 5.74) is 6.28. The number of nitrogens with one attached hydrogen (secondary N) is 1. The number of fused-ring (bicyclic) bond motifs is 4. The van der Waals surface area contributed by atoms with Crippen LogP contribution in [0, 0.1) is 5.82 Å². The van der Waals surface area contributed by atoms with Crippen molar-refractivity contribution in [3.63, 3.8) is 0 Å². The molecule has 0 aliphatic carbocycles. The molecule has 1 atom stereocenters. The number of amidine groups is 1. The van der Waals surface area contributed by atoms with E-state index < -0.39 is 17.3 Å². The third kappa shape index (κ3) is 3.51. The van der Waals surface area contributed by atoms with Gasteiger partial charge in [-0.05, 0) is 24.3 Å². The number of aromatic nitrogens is 2. The Kier molecular flexibility index (Phi) is 5.16. The van der Waals surface area contributed by atoms with Gasteiger partial charge in [0.15, 0.2) is 17.2 Å². The number of halogens is 1. The van der Waals surface area contributed by atoms with E-state index in [4.69, 9.17) is 24.7 Å². The number of hydrogen-bond acceptors (Lipinski definition) is 9. The number of carbonyl (C=O) groups is 1. The average Bonchev–Trinajstić information content (AvgIpc) is 2.85. The molecule has 10 nitrogen and oxygen atoms in total. The summed E-state index contributed by atoms with van der Waals surface area (Å²) in [4.78, 5) is 24.9. The zero-order valence-corrected chi connectivity index (χ0v) is 18.3. The molecule has 0 saturated carbocycles. The van der Waals surface area contributed by atoms with Gasteiger partial charge in [-0.1, -0.05) is 0 Å². The van der Waals surface area contributed by atoms with Crippen molar-refractivity contribution in [3.05, 3.63) is 65.4 Å². The molecule has 0 unspecified atom stereocenters. The van der Waals surface area contributed by atoms with E-state index in [1.165, 1.54) is 32.7 Å². The zero-order chi connectivity index (χ0) is 23.9. The van der Waals surface area contributed by atoms with E-state index in [9.17, 15) is 9.18 Å². The van der Waals surface area contributed by atoms with Crippen molar-refractivity contribution in [2.24, 2.45) is 10.7 Å². The molecule has 0 bridgehead atoms. The fourth-order valence-corrected chi connectivity index (χ4v) is 4.06. The molecule has 5 rings (SSSR count). The van der Waals surface area contributed by atoms with Crippen LogP contribution >= 0.6 is 0 Å². The van der Waals surface area contributed by atoms with E-state index in [0.717, 1.165) is 0 Å². The first-order chi connectivity index (χ1) is 16.4. The molecule has 0 saturated heterocycles. The second kappa shape index (κ2) is 8.18. The number of benzene rings is 2. The van der Waals surface area contributed by atoms with Crippen LogP contribution in [-0.4, -0.2) is 42.7 Å². The number of nitrogens with two attached hydrogens (primary N) is 1. The maximum atomic E-state index is 14.9. The zero-order valence-electron chi connectivity index (χ0n) is 18.3. The molecule has 0 fully saturated rings. The van der Waals surface area contributed by atoms with Gasteiger partial charge in [0.1, 0.15) is 17.2 Å². The molecule has 2 aliphatic heterocycles. The first-order valence-corrected chi connectivity index (χ1v) is 10.3. The van der Waals surface area contributed by atoms with Gasteiger partial charge in [0.2, 0.25) is 5.88 Å². The molecular weight excluding hydrogens is 445 g/mol. The molecular formula is C23H20FN5O5. The Balaban J connectivity index is 1.57. The van der Waals surface area contributed by atoms with Crippen molar-refractivity contribution in [1.82, 2.24) is 9.97 Å². The number of carbonyl (C=O) groups excluding carboxylic acids is 1. The summed E-state index contributed by atoms with van der Waals surface area (Å²) >= 11 is 0. The number of amides is 1. The van der Waals surface area contributed by atoms with Gasteiger partial charge in [0.05, 0.1) is 26.6 Å². The van der Waals surface area contributed by atoms with Gasteiger partial charge in [-0.25, -0.2) is 19.4 Å². The highest BCUT2D eigenvalue weighted by molar-refractivity contribution is 6.02. The highest BCUT2D eigenvalue weighted by Crippen LogP contribution is 2.53. The van der Waals surface area contributed by atoms with Crippen molar-refractivity contribution in [3.8, 4) is 23.1 Å². The number of ether oxygens (including phenoxy) is 4. The molecule has 2 aliphatic rings. The van der Waals surface area contributed by atoms with Crippen molar-refractivity contribution in [2.75, 3.05) is 26.1 Å². The monoisotopic (exact) mass is 465 g/mol. The number of aliphatic imine (C=N–C) groups is 1. The van der Waals surface area contributed by atoms with Crippen LogP contribution in [0.1, 0.15) is 28.0 Å². The molecule has 34 heavy (non-hydrogen) atoms. The van der Waals surface area contributed by atoms with Gasteiger partial charge in [-0.15, -0.1) is 0 Å². The Morgan fingerprint density at radius 2 is 2.00 bits per heavy atom. The largest absolute Gasteiger partial charge is 0.497 e. The van der Waals surface area contributed by atoms with E-state index in [0.29, 0.717) is 47.2 Å². The maximum absolute atomic E-state index is 14.9. The maximum Gasteiger partial charge on any atom is 0.283 e. The first kappa shape index (κ1) is 21.4. The fourth-order valence-electron chi connectivity index (χ4n) is 4.06. The van der Waals surface area contributed by atoms with Crippen LogP contribution in [0.25, 0.3) is 0 Å². The second-order valence-electron chi connectivity index (χ2n) is 7.60. The van der Waals surface area contributed by atoms with Gasteiger partial charge in [0.25, 0.3) is 11.9 Å². The summed E-state index contributed by atoms with van der Waals surface area (Å²) < 4.78 is 37.1. The third-order valence-corrected chi connectivity index (χ3v) is 5.65. The van der Waals surface area contributed by atoms with Crippen molar-refractivity contribution in [1.29, 1.82) is 0 Å². The van der Waals surface area contributed by atoms with E-state index in [1.807, 2.05) is 0 Å². The van der Waals surface area contributed by atoms with E-state index in [1.54, 1.807) is 24.3 Å². The predicted molar refractivity (Wildman–Crippen MR) is 119 cm³/mol. The lowest BCUT2D eigenvalue weighted by atomic mass is 9.79. The summed E-state index contributed by atoms with van der Waals surface area (Å²) in [6.45, 7) is 0.349. The Morgan fingerprint density at radius 3 is 2.71 bits per heavy atom. The number of nitrogens with zero attached hydrogens (tertiary/aromatic N) is 3. The normalized spacial score (nSPS) is 18.0. The minimum Gasteiger partial charge on any atom is -0.497 e.